The molecule has 1 aliphatic carbocycles. The lowest BCUT2D eigenvalue weighted by molar-refractivity contribution is 0.192. The van der Waals surface area contributed by atoms with Gasteiger partial charge in [0.15, 0.2) is 0 Å². The zero-order valence-electron chi connectivity index (χ0n) is 10.6. The van der Waals surface area contributed by atoms with Crippen LogP contribution in [-0.2, 0) is 12.8 Å². The Hall–Kier alpha value is -0.860. The van der Waals surface area contributed by atoms with E-state index < -0.39 is 0 Å². The largest absolute Gasteiger partial charge is 0.330 e. The summed E-state index contributed by atoms with van der Waals surface area (Å²) in [5, 5.41) is 0. The molecule has 2 N–H and O–H groups in total. The van der Waals surface area contributed by atoms with Crippen molar-refractivity contribution in [1.82, 2.24) is 4.90 Å². The molecular weight excluding hydrogens is 208 g/mol. The molecule has 0 spiro atoms. The maximum absolute atomic E-state index is 5.81. The fourth-order valence-electron chi connectivity index (χ4n) is 3.62. The lowest BCUT2D eigenvalue weighted by Gasteiger charge is -2.28. The van der Waals surface area contributed by atoms with Crippen molar-refractivity contribution in [2.75, 3.05) is 13.1 Å². The first-order valence-electron chi connectivity index (χ1n) is 6.80. The van der Waals surface area contributed by atoms with Crippen LogP contribution in [-0.4, -0.2) is 30.1 Å². The highest BCUT2D eigenvalue weighted by molar-refractivity contribution is 5.33. The molecule has 2 unspecified atom stereocenters. The van der Waals surface area contributed by atoms with E-state index in [0.29, 0.717) is 12.0 Å². The Morgan fingerprint density at radius 1 is 1.24 bits per heavy atom. The molecule has 1 fully saturated rings. The molecule has 1 saturated heterocycles. The second kappa shape index (κ2) is 4.43. The van der Waals surface area contributed by atoms with Crippen LogP contribution in [0.15, 0.2) is 24.3 Å². The standard InChI is InChI=1S/C15H22N2/c1-11-6-12(9-16)10-17(11)15-7-13-4-2-3-5-14(13)8-15/h2-5,11-12,15H,6-10,16H2,1H3. The number of nitrogens with zero attached hydrogens (tertiary/aromatic N) is 1. The van der Waals surface area contributed by atoms with E-state index in [0.717, 1.165) is 12.6 Å². The van der Waals surface area contributed by atoms with Crippen LogP contribution in [0.1, 0.15) is 24.5 Å². The topological polar surface area (TPSA) is 29.3 Å². The van der Waals surface area contributed by atoms with Crippen molar-refractivity contribution >= 4 is 0 Å². The van der Waals surface area contributed by atoms with Gasteiger partial charge in [-0.1, -0.05) is 24.3 Å². The Morgan fingerprint density at radius 3 is 2.41 bits per heavy atom. The minimum atomic E-state index is 0.711. The third kappa shape index (κ3) is 2.00. The summed E-state index contributed by atoms with van der Waals surface area (Å²) in [5.74, 6) is 0.716. The molecule has 17 heavy (non-hydrogen) atoms. The SMILES string of the molecule is CC1CC(CN)CN1C1Cc2ccccc2C1. The summed E-state index contributed by atoms with van der Waals surface area (Å²) in [7, 11) is 0. The third-order valence-electron chi connectivity index (χ3n) is 4.54. The van der Waals surface area contributed by atoms with E-state index in [-0.39, 0.29) is 0 Å². The minimum absolute atomic E-state index is 0.711. The second-order valence-electron chi connectivity index (χ2n) is 5.71. The number of hydrogen-bond acceptors (Lipinski definition) is 2. The van der Waals surface area contributed by atoms with E-state index in [4.69, 9.17) is 5.73 Å². The average Bonchev–Trinajstić information content (AvgIpc) is 2.91. The van der Waals surface area contributed by atoms with Gasteiger partial charge in [-0.3, -0.25) is 4.90 Å². The molecule has 0 aromatic heterocycles. The highest BCUT2D eigenvalue weighted by atomic mass is 15.2. The molecule has 1 aromatic carbocycles. The van der Waals surface area contributed by atoms with Crippen LogP contribution in [0, 0.1) is 5.92 Å². The van der Waals surface area contributed by atoms with Gasteiger partial charge in [-0.25, -0.2) is 0 Å². The van der Waals surface area contributed by atoms with Gasteiger partial charge in [0.05, 0.1) is 0 Å². The van der Waals surface area contributed by atoms with Crippen molar-refractivity contribution in [3.05, 3.63) is 35.4 Å². The Morgan fingerprint density at radius 2 is 1.88 bits per heavy atom. The Labute approximate surface area is 104 Å². The summed E-state index contributed by atoms with van der Waals surface area (Å²) >= 11 is 0. The molecule has 0 saturated carbocycles. The molecule has 2 heteroatoms. The number of likely N-dealkylation sites (tertiary alicyclic amines) is 1. The normalized spacial score (nSPS) is 29.8. The molecule has 2 aliphatic rings. The van der Waals surface area contributed by atoms with Crippen LogP contribution < -0.4 is 5.73 Å². The average molecular weight is 230 g/mol. The first kappa shape index (κ1) is 11.2. The number of nitrogens with two attached hydrogens (primary N) is 1. The van der Waals surface area contributed by atoms with Gasteiger partial charge in [0, 0.05) is 18.6 Å². The molecule has 0 amide bonds. The monoisotopic (exact) mass is 230 g/mol. The van der Waals surface area contributed by atoms with E-state index in [2.05, 4.69) is 36.1 Å². The van der Waals surface area contributed by atoms with Crippen molar-refractivity contribution in [2.24, 2.45) is 11.7 Å². The van der Waals surface area contributed by atoms with E-state index in [1.165, 1.54) is 25.8 Å². The van der Waals surface area contributed by atoms with Gasteiger partial charge in [0.2, 0.25) is 0 Å². The maximum atomic E-state index is 5.81. The summed E-state index contributed by atoms with van der Waals surface area (Å²) < 4.78 is 0. The highest BCUT2D eigenvalue weighted by Gasteiger charge is 2.35. The highest BCUT2D eigenvalue weighted by Crippen LogP contribution is 2.31. The van der Waals surface area contributed by atoms with Crippen LogP contribution in [0.2, 0.25) is 0 Å². The predicted octanol–water partition coefficient (Wildman–Crippen LogP) is 1.82. The van der Waals surface area contributed by atoms with E-state index >= 15 is 0 Å². The molecule has 3 rings (SSSR count). The smallest absolute Gasteiger partial charge is 0.0179 e. The van der Waals surface area contributed by atoms with E-state index in [1.807, 2.05) is 0 Å². The zero-order valence-corrected chi connectivity index (χ0v) is 10.6. The van der Waals surface area contributed by atoms with Gasteiger partial charge in [0.1, 0.15) is 0 Å². The van der Waals surface area contributed by atoms with Crippen LogP contribution >= 0.6 is 0 Å². The third-order valence-corrected chi connectivity index (χ3v) is 4.54. The molecule has 1 aromatic rings. The maximum Gasteiger partial charge on any atom is 0.0179 e. The van der Waals surface area contributed by atoms with Crippen molar-refractivity contribution in [3.63, 3.8) is 0 Å². The van der Waals surface area contributed by atoms with Gasteiger partial charge in [-0.15, -0.1) is 0 Å². The number of benzene rings is 1. The van der Waals surface area contributed by atoms with Gasteiger partial charge >= 0.3 is 0 Å². The molecule has 1 aliphatic heterocycles. The molecular formula is C15H22N2. The van der Waals surface area contributed by atoms with Gasteiger partial charge in [0.25, 0.3) is 0 Å². The molecule has 0 bridgehead atoms. The zero-order chi connectivity index (χ0) is 11.8. The van der Waals surface area contributed by atoms with Gasteiger partial charge in [-0.05, 0) is 49.8 Å². The number of fused-ring (bicyclic) bond motifs is 1. The lowest BCUT2D eigenvalue weighted by Crippen LogP contribution is -2.38. The summed E-state index contributed by atoms with van der Waals surface area (Å²) in [6.45, 7) is 4.41. The molecule has 2 atom stereocenters. The van der Waals surface area contributed by atoms with E-state index in [9.17, 15) is 0 Å². The van der Waals surface area contributed by atoms with Crippen LogP contribution in [0.4, 0.5) is 0 Å². The number of rotatable bonds is 2. The summed E-state index contributed by atoms with van der Waals surface area (Å²) in [5.41, 5.74) is 8.93. The minimum Gasteiger partial charge on any atom is -0.330 e. The first-order valence-corrected chi connectivity index (χ1v) is 6.80. The van der Waals surface area contributed by atoms with Crippen molar-refractivity contribution in [3.8, 4) is 0 Å². The first-order chi connectivity index (χ1) is 8.28. The van der Waals surface area contributed by atoms with Gasteiger partial charge in [-0.2, -0.15) is 0 Å². The van der Waals surface area contributed by atoms with Crippen LogP contribution in [0.3, 0.4) is 0 Å². The summed E-state index contributed by atoms with van der Waals surface area (Å²) in [4.78, 5) is 2.69. The molecule has 92 valence electrons. The molecule has 1 heterocycles. The fraction of sp³-hybridized carbons (Fsp3) is 0.600. The lowest BCUT2D eigenvalue weighted by atomic mass is 10.1. The Bertz CT molecular complexity index is 377. The van der Waals surface area contributed by atoms with Gasteiger partial charge < -0.3 is 5.73 Å². The van der Waals surface area contributed by atoms with Crippen molar-refractivity contribution < 1.29 is 0 Å². The van der Waals surface area contributed by atoms with Crippen LogP contribution in [0.25, 0.3) is 0 Å². The fourth-order valence-corrected chi connectivity index (χ4v) is 3.62. The Kier molecular flexibility index (Phi) is 2.93. The predicted molar refractivity (Wildman–Crippen MR) is 71.0 cm³/mol. The molecule has 2 nitrogen and oxygen atoms in total. The Balaban J connectivity index is 1.72. The quantitative estimate of drug-likeness (QED) is 0.840. The van der Waals surface area contributed by atoms with Crippen LogP contribution in [0.5, 0.6) is 0 Å². The summed E-state index contributed by atoms with van der Waals surface area (Å²) in [6, 6.07) is 10.3. The van der Waals surface area contributed by atoms with E-state index in [1.54, 1.807) is 11.1 Å². The number of hydrogen-bond donors (Lipinski definition) is 1. The molecule has 0 radical (unpaired) electrons. The summed E-state index contributed by atoms with van der Waals surface area (Å²) in [6.07, 6.45) is 3.75. The van der Waals surface area contributed by atoms with Crippen molar-refractivity contribution in [1.29, 1.82) is 0 Å². The van der Waals surface area contributed by atoms with Crippen molar-refractivity contribution in [2.45, 2.75) is 38.3 Å². The second-order valence-corrected chi connectivity index (χ2v) is 5.71.